The molecule has 0 fully saturated rings. The summed E-state index contributed by atoms with van der Waals surface area (Å²) in [5.74, 6) is 0.420. The summed E-state index contributed by atoms with van der Waals surface area (Å²) in [5, 5.41) is 0. The number of hydrogen-bond donors (Lipinski definition) is 1. The van der Waals surface area contributed by atoms with Gasteiger partial charge in [-0.2, -0.15) is 0 Å². The number of methoxy groups -OCH3 is 1. The Morgan fingerprint density at radius 3 is 3.00 bits per heavy atom. The lowest BCUT2D eigenvalue weighted by atomic mass is 10.1. The minimum atomic E-state index is -0.502. The van der Waals surface area contributed by atoms with Crippen LogP contribution < -0.4 is 10.5 Å². The van der Waals surface area contributed by atoms with Crippen LogP contribution in [0.25, 0.3) is 0 Å². The Hall–Kier alpha value is -1.26. The highest BCUT2D eigenvalue weighted by Crippen LogP contribution is 2.29. The Bertz CT molecular complexity index is 395. The number of hydrogen-bond acceptors (Lipinski definition) is 4. The fourth-order valence-electron chi connectivity index (χ4n) is 1.69. The first-order chi connectivity index (χ1) is 7.24. The Morgan fingerprint density at radius 1 is 1.62 bits per heavy atom. The minimum absolute atomic E-state index is 0. The molecule has 4 nitrogen and oxygen atoms in total. The van der Waals surface area contributed by atoms with Crippen molar-refractivity contribution in [1.29, 1.82) is 0 Å². The molecule has 5 heteroatoms. The first kappa shape index (κ1) is 12.8. The van der Waals surface area contributed by atoms with Crippen molar-refractivity contribution in [3.05, 3.63) is 29.3 Å². The molecule has 0 bridgehead atoms. The Kier molecular flexibility index (Phi) is 4.15. The van der Waals surface area contributed by atoms with Crippen molar-refractivity contribution in [3.8, 4) is 5.75 Å². The molecule has 1 aromatic carbocycles. The number of carbonyl (C=O) groups is 1. The van der Waals surface area contributed by atoms with Crippen LogP contribution in [0, 0.1) is 0 Å². The molecule has 1 aliphatic rings. The highest BCUT2D eigenvalue weighted by atomic mass is 35.5. The third-order valence-electron chi connectivity index (χ3n) is 2.50. The smallest absolute Gasteiger partial charge is 0.347 e. The number of benzene rings is 1. The van der Waals surface area contributed by atoms with Gasteiger partial charge in [0.2, 0.25) is 0 Å². The average molecular weight is 244 g/mol. The van der Waals surface area contributed by atoms with E-state index in [1.54, 1.807) is 0 Å². The van der Waals surface area contributed by atoms with E-state index in [9.17, 15) is 4.79 Å². The molecule has 0 spiro atoms. The van der Waals surface area contributed by atoms with Gasteiger partial charge in [-0.15, -0.1) is 12.4 Å². The third-order valence-corrected chi connectivity index (χ3v) is 2.50. The summed E-state index contributed by atoms with van der Waals surface area (Å²) < 4.78 is 10.1. The van der Waals surface area contributed by atoms with E-state index < -0.39 is 6.10 Å². The van der Waals surface area contributed by atoms with Crippen molar-refractivity contribution in [2.75, 3.05) is 7.11 Å². The Labute approximate surface area is 100 Å². The van der Waals surface area contributed by atoms with E-state index in [-0.39, 0.29) is 18.4 Å². The molecular weight excluding hydrogens is 230 g/mol. The van der Waals surface area contributed by atoms with Crippen LogP contribution in [0.2, 0.25) is 0 Å². The zero-order valence-electron chi connectivity index (χ0n) is 8.93. The summed E-state index contributed by atoms with van der Waals surface area (Å²) in [5.41, 5.74) is 7.60. The third kappa shape index (κ3) is 2.28. The largest absolute Gasteiger partial charge is 0.478 e. The van der Waals surface area contributed by atoms with Gasteiger partial charge in [-0.05, 0) is 17.2 Å². The maximum Gasteiger partial charge on any atom is 0.347 e. The second-order valence-corrected chi connectivity index (χ2v) is 3.48. The maximum atomic E-state index is 11.3. The monoisotopic (exact) mass is 243 g/mol. The van der Waals surface area contributed by atoms with Gasteiger partial charge in [0.25, 0.3) is 0 Å². The van der Waals surface area contributed by atoms with Gasteiger partial charge in [0.15, 0.2) is 6.10 Å². The van der Waals surface area contributed by atoms with Crippen molar-refractivity contribution in [2.24, 2.45) is 5.73 Å². The standard InChI is InChI=1S/C11H13NO3.ClH/c1-14-11(13)10-5-8-4-7(6-12)2-3-9(8)15-10;/h2-4,10H,5-6,12H2,1H3;1H. The summed E-state index contributed by atoms with van der Waals surface area (Å²) in [6, 6.07) is 5.72. The summed E-state index contributed by atoms with van der Waals surface area (Å²) >= 11 is 0. The average Bonchev–Trinajstić information content (AvgIpc) is 2.70. The number of esters is 1. The Balaban J connectivity index is 0.00000128. The summed E-state index contributed by atoms with van der Waals surface area (Å²) in [7, 11) is 1.36. The highest BCUT2D eigenvalue weighted by molar-refractivity contribution is 5.85. The normalized spacial score (nSPS) is 17.0. The zero-order chi connectivity index (χ0) is 10.8. The minimum Gasteiger partial charge on any atom is -0.478 e. The number of halogens is 1. The molecular formula is C11H14ClNO3. The van der Waals surface area contributed by atoms with Gasteiger partial charge in [-0.25, -0.2) is 4.79 Å². The number of ether oxygens (including phenoxy) is 2. The quantitative estimate of drug-likeness (QED) is 0.789. The van der Waals surface area contributed by atoms with Crippen LogP contribution in [0.4, 0.5) is 0 Å². The van der Waals surface area contributed by atoms with Crippen molar-refractivity contribution < 1.29 is 14.3 Å². The molecule has 0 amide bonds. The van der Waals surface area contributed by atoms with Gasteiger partial charge >= 0.3 is 5.97 Å². The molecule has 0 aliphatic carbocycles. The summed E-state index contributed by atoms with van der Waals surface area (Å²) in [6.07, 6.45) is 0.0635. The molecule has 2 N–H and O–H groups in total. The van der Waals surface area contributed by atoms with Crippen LogP contribution >= 0.6 is 12.4 Å². The van der Waals surface area contributed by atoms with E-state index in [0.717, 1.165) is 16.9 Å². The second kappa shape index (κ2) is 5.18. The topological polar surface area (TPSA) is 61.5 Å². The van der Waals surface area contributed by atoms with Gasteiger partial charge in [0.05, 0.1) is 7.11 Å². The van der Waals surface area contributed by atoms with Crippen LogP contribution in [0.15, 0.2) is 18.2 Å². The molecule has 0 radical (unpaired) electrons. The van der Waals surface area contributed by atoms with Crippen molar-refractivity contribution in [1.82, 2.24) is 0 Å². The molecule has 2 rings (SSSR count). The molecule has 88 valence electrons. The van der Waals surface area contributed by atoms with Crippen LogP contribution in [-0.4, -0.2) is 19.2 Å². The van der Waals surface area contributed by atoms with Crippen molar-refractivity contribution >= 4 is 18.4 Å². The first-order valence-electron chi connectivity index (χ1n) is 4.81. The van der Waals surface area contributed by atoms with E-state index in [4.69, 9.17) is 10.5 Å². The van der Waals surface area contributed by atoms with E-state index >= 15 is 0 Å². The molecule has 16 heavy (non-hydrogen) atoms. The molecule has 1 aromatic rings. The predicted molar refractivity (Wildman–Crippen MR) is 61.7 cm³/mol. The van der Waals surface area contributed by atoms with Crippen LogP contribution in [0.5, 0.6) is 5.75 Å². The van der Waals surface area contributed by atoms with E-state index in [1.165, 1.54) is 7.11 Å². The lowest BCUT2D eigenvalue weighted by molar-refractivity contribution is -0.147. The zero-order valence-corrected chi connectivity index (χ0v) is 9.75. The summed E-state index contributed by atoms with van der Waals surface area (Å²) in [4.78, 5) is 11.3. The molecule has 1 atom stereocenters. The van der Waals surface area contributed by atoms with E-state index in [0.29, 0.717) is 13.0 Å². The number of nitrogens with two attached hydrogens (primary N) is 1. The fraction of sp³-hybridized carbons (Fsp3) is 0.364. The number of fused-ring (bicyclic) bond motifs is 1. The highest BCUT2D eigenvalue weighted by Gasteiger charge is 2.29. The van der Waals surface area contributed by atoms with Crippen LogP contribution in [-0.2, 0) is 22.5 Å². The van der Waals surface area contributed by atoms with Crippen LogP contribution in [0.3, 0.4) is 0 Å². The molecule has 0 saturated carbocycles. The SMILES string of the molecule is COC(=O)C1Cc2cc(CN)ccc2O1.Cl. The van der Waals surface area contributed by atoms with E-state index in [2.05, 4.69) is 4.74 Å². The maximum absolute atomic E-state index is 11.3. The van der Waals surface area contributed by atoms with Crippen LogP contribution in [0.1, 0.15) is 11.1 Å². The summed E-state index contributed by atoms with van der Waals surface area (Å²) in [6.45, 7) is 0.496. The number of rotatable bonds is 2. The molecule has 0 aromatic heterocycles. The number of carbonyl (C=O) groups excluding carboxylic acids is 1. The lowest BCUT2D eigenvalue weighted by Crippen LogP contribution is -2.26. The van der Waals surface area contributed by atoms with Gasteiger partial charge in [0.1, 0.15) is 5.75 Å². The molecule has 1 unspecified atom stereocenters. The second-order valence-electron chi connectivity index (χ2n) is 3.48. The van der Waals surface area contributed by atoms with Crippen molar-refractivity contribution in [2.45, 2.75) is 19.1 Å². The first-order valence-corrected chi connectivity index (χ1v) is 4.81. The van der Waals surface area contributed by atoms with E-state index in [1.807, 2.05) is 18.2 Å². The molecule has 1 heterocycles. The fourth-order valence-corrected chi connectivity index (χ4v) is 1.69. The molecule has 1 aliphatic heterocycles. The Morgan fingerprint density at radius 2 is 2.38 bits per heavy atom. The molecule has 0 saturated heterocycles. The predicted octanol–water partition coefficient (Wildman–Crippen LogP) is 1.04. The lowest BCUT2D eigenvalue weighted by Gasteiger charge is -2.06. The van der Waals surface area contributed by atoms with Gasteiger partial charge < -0.3 is 15.2 Å². The van der Waals surface area contributed by atoms with Gasteiger partial charge in [0, 0.05) is 13.0 Å². The van der Waals surface area contributed by atoms with Gasteiger partial charge in [-0.3, -0.25) is 0 Å². The van der Waals surface area contributed by atoms with Gasteiger partial charge in [-0.1, -0.05) is 12.1 Å². The van der Waals surface area contributed by atoms with Crippen molar-refractivity contribution in [3.63, 3.8) is 0 Å².